The fraction of sp³-hybridized carbons (Fsp3) is 0.600. The predicted molar refractivity (Wildman–Crippen MR) is 84.9 cm³/mol. The van der Waals surface area contributed by atoms with Gasteiger partial charge >= 0.3 is 0 Å². The van der Waals surface area contributed by atoms with Gasteiger partial charge in [-0.2, -0.15) is 0 Å². The number of rotatable bonds is 0. The smallest absolute Gasteiger partial charge is 0.00876 e. The van der Waals surface area contributed by atoms with Crippen molar-refractivity contribution < 1.29 is 0 Å². The Morgan fingerprint density at radius 2 is 2.00 bits per heavy atom. The molecule has 4 rings (SSSR count). The molecule has 1 aromatic carbocycles. The third-order valence-electron chi connectivity index (χ3n) is 6.84. The van der Waals surface area contributed by atoms with E-state index in [0.29, 0.717) is 5.41 Å². The molecule has 2 fully saturated rings. The van der Waals surface area contributed by atoms with Gasteiger partial charge in [0.1, 0.15) is 0 Å². The van der Waals surface area contributed by atoms with Gasteiger partial charge in [0.05, 0.1) is 0 Å². The van der Waals surface area contributed by atoms with Crippen LogP contribution in [0.15, 0.2) is 30.4 Å². The average Bonchev–Trinajstić information content (AvgIpc) is 2.74. The van der Waals surface area contributed by atoms with Crippen LogP contribution in [-0.2, 0) is 6.42 Å². The summed E-state index contributed by atoms with van der Waals surface area (Å²) in [5.74, 6) is 2.66. The van der Waals surface area contributed by atoms with Gasteiger partial charge < -0.3 is 0 Å². The first-order chi connectivity index (χ1) is 9.59. The molecule has 4 atom stereocenters. The summed E-state index contributed by atoms with van der Waals surface area (Å²) < 4.78 is 0. The van der Waals surface area contributed by atoms with Crippen LogP contribution in [0.1, 0.15) is 61.6 Å². The minimum Gasteiger partial charge on any atom is -0.0993 e. The Morgan fingerprint density at radius 3 is 2.85 bits per heavy atom. The van der Waals surface area contributed by atoms with E-state index in [1.54, 1.807) is 16.7 Å². The molecule has 0 saturated heterocycles. The summed E-state index contributed by atoms with van der Waals surface area (Å²) in [5, 5.41) is 0. The average molecular weight is 266 g/mol. The lowest BCUT2D eigenvalue weighted by Gasteiger charge is -2.49. The lowest BCUT2D eigenvalue weighted by Crippen LogP contribution is -2.40. The van der Waals surface area contributed by atoms with E-state index in [0.717, 1.165) is 17.8 Å². The van der Waals surface area contributed by atoms with Crippen LogP contribution in [0.5, 0.6) is 0 Å². The van der Waals surface area contributed by atoms with Crippen LogP contribution in [0, 0.1) is 24.2 Å². The lowest BCUT2D eigenvalue weighted by atomic mass is 9.55. The fourth-order valence-corrected chi connectivity index (χ4v) is 5.62. The Balaban J connectivity index is 1.73. The van der Waals surface area contributed by atoms with Crippen molar-refractivity contribution in [2.75, 3.05) is 0 Å². The predicted octanol–water partition coefficient (Wildman–Crippen LogP) is 5.41. The van der Waals surface area contributed by atoms with Crippen LogP contribution in [-0.4, -0.2) is 0 Å². The molecule has 0 spiro atoms. The topological polar surface area (TPSA) is 0 Å². The highest BCUT2D eigenvalue weighted by Crippen LogP contribution is 2.62. The van der Waals surface area contributed by atoms with Crippen molar-refractivity contribution in [3.63, 3.8) is 0 Å². The Hall–Kier alpha value is -1.04. The molecule has 1 aromatic rings. The van der Waals surface area contributed by atoms with Gasteiger partial charge in [-0.25, -0.2) is 0 Å². The monoisotopic (exact) mass is 266 g/mol. The Kier molecular flexibility index (Phi) is 2.68. The summed E-state index contributed by atoms with van der Waals surface area (Å²) in [6, 6.07) is 7.20. The molecular formula is C20H26. The second-order valence-electron chi connectivity index (χ2n) is 7.72. The van der Waals surface area contributed by atoms with E-state index in [1.807, 2.05) is 0 Å². The summed E-state index contributed by atoms with van der Waals surface area (Å²) in [7, 11) is 0. The van der Waals surface area contributed by atoms with Gasteiger partial charge in [-0.05, 0) is 79.7 Å². The summed E-state index contributed by atoms with van der Waals surface area (Å²) in [6.07, 6.45) is 8.15. The second kappa shape index (κ2) is 4.23. The first-order valence-corrected chi connectivity index (χ1v) is 8.37. The largest absolute Gasteiger partial charge is 0.0993 e. The first-order valence-electron chi connectivity index (χ1n) is 8.37. The van der Waals surface area contributed by atoms with Crippen molar-refractivity contribution in [1.29, 1.82) is 0 Å². The molecule has 3 aliphatic rings. The van der Waals surface area contributed by atoms with Gasteiger partial charge in [-0.1, -0.05) is 42.8 Å². The number of fused-ring (bicyclic) bond motifs is 5. The highest BCUT2D eigenvalue weighted by molar-refractivity contribution is 5.38. The third kappa shape index (κ3) is 1.60. The van der Waals surface area contributed by atoms with E-state index in [4.69, 9.17) is 0 Å². The minimum atomic E-state index is 0.462. The van der Waals surface area contributed by atoms with Gasteiger partial charge in [0.25, 0.3) is 0 Å². The van der Waals surface area contributed by atoms with E-state index in [1.165, 1.54) is 44.1 Å². The summed E-state index contributed by atoms with van der Waals surface area (Å²) >= 11 is 0. The van der Waals surface area contributed by atoms with Crippen molar-refractivity contribution in [2.45, 2.75) is 58.3 Å². The standard InChI is InChI=1S/C20H26/c1-13-4-7-16-15(12-13)6-8-18-17(16)10-11-20(3)14(2)5-9-19(18)20/h4,7,12,17-19H,2,5-6,8-11H2,1,3H3. The van der Waals surface area contributed by atoms with Crippen LogP contribution in [0.2, 0.25) is 0 Å². The van der Waals surface area contributed by atoms with Crippen molar-refractivity contribution >= 4 is 0 Å². The molecule has 106 valence electrons. The van der Waals surface area contributed by atoms with E-state index in [9.17, 15) is 0 Å². The molecule has 0 aromatic heterocycles. The van der Waals surface area contributed by atoms with Gasteiger partial charge in [0.2, 0.25) is 0 Å². The fourth-order valence-electron chi connectivity index (χ4n) is 5.62. The molecular weight excluding hydrogens is 240 g/mol. The van der Waals surface area contributed by atoms with Gasteiger partial charge in [0, 0.05) is 0 Å². The molecule has 0 radical (unpaired) electrons. The summed E-state index contributed by atoms with van der Waals surface area (Å²) in [5.41, 5.74) is 6.77. The number of hydrogen-bond donors (Lipinski definition) is 0. The van der Waals surface area contributed by atoms with Crippen LogP contribution in [0.25, 0.3) is 0 Å². The molecule has 0 N–H and O–H groups in total. The zero-order valence-electron chi connectivity index (χ0n) is 12.9. The van der Waals surface area contributed by atoms with E-state index in [2.05, 4.69) is 38.6 Å². The van der Waals surface area contributed by atoms with Crippen LogP contribution >= 0.6 is 0 Å². The van der Waals surface area contributed by atoms with Crippen molar-refractivity contribution in [1.82, 2.24) is 0 Å². The highest BCUT2D eigenvalue weighted by Gasteiger charge is 2.51. The van der Waals surface area contributed by atoms with Crippen LogP contribution in [0.3, 0.4) is 0 Å². The normalized spacial score (nSPS) is 39.1. The number of aryl methyl sites for hydroxylation is 2. The van der Waals surface area contributed by atoms with E-state index < -0.39 is 0 Å². The second-order valence-corrected chi connectivity index (χ2v) is 7.72. The molecule has 4 unspecified atom stereocenters. The maximum absolute atomic E-state index is 4.40. The minimum absolute atomic E-state index is 0.462. The van der Waals surface area contributed by atoms with E-state index >= 15 is 0 Å². The van der Waals surface area contributed by atoms with Crippen LogP contribution in [0.4, 0.5) is 0 Å². The number of benzene rings is 1. The Labute approximate surface area is 123 Å². The zero-order chi connectivity index (χ0) is 13.9. The third-order valence-corrected chi connectivity index (χ3v) is 6.84. The van der Waals surface area contributed by atoms with Gasteiger partial charge in [-0.3, -0.25) is 0 Å². The van der Waals surface area contributed by atoms with Gasteiger partial charge in [-0.15, -0.1) is 0 Å². The maximum atomic E-state index is 4.40. The Morgan fingerprint density at radius 1 is 1.15 bits per heavy atom. The molecule has 0 aliphatic heterocycles. The number of allylic oxidation sites excluding steroid dienone is 1. The summed E-state index contributed by atoms with van der Waals surface area (Å²) in [6.45, 7) is 9.14. The molecule has 0 heteroatoms. The maximum Gasteiger partial charge on any atom is -0.00876 e. The van der Waals surface area contributed by atoms with Crippen molar-refractivity contribution in [2.24, 2.45) is 17.3 Å². The van der Waals surface area contributed by atoms with Crippen LogP contribution < -0.4 is 0 Å². The molecule has 2 saturated carbocycles. The Bertz CT molecular complexity index is 567. The molecule has 0 nitrogen and oxygen atoms in total. The zero-order valence-corrected chi connectivity index (χ0v) is 12.9. The van der Waals surface area contributed by atoms with Crippen molar-refractivity contribution in [3.05, 3.63) is 47.0 Å². The molecule has 3 aliphatic carbocycles. The summed E-state index contributed by atoms with van der Waals surface area (Å²) in [4.78, 5) is 0. The quantitative estimate of drug-likeness (QED) is 0.551. The van der Waals surface area contributed by atoms with Crippen molar-refractivity contribution in [3.8, 4) is 0 Å². The lowest BCUT2D eigenvalue weighted by molar-refractivity contribution is 0.0817. The van der Waals surface area contributed by atoms with E-state index in [-0.39, 0.29) is 0 Å². The van der Waals surface area contributed by atoms with Gasteiger partial charge in [0.15, 0.2) is 0 Å². The first kappa shape index (κ1) is 12.7. The number of hydrogen-bond acceptors (Lipinski definition) is 0. The SMILES string of the molecule is C=C1CCC2C3CCc4cc(C)ccc4C3CCC12C. The molecule has 0 heterocycles. The highest BCUT2D eigenvalue weighted by atomic mass is 14.6. The molecule has 20 heavy (non-hydrogen) atoms. The molecule has 0 amide bonds. The molecule has 0 bridgehead atoms.